The Morgan fingerprint density at radius 2 is 2.13 bits per heavy atom. The molecule has 2 nitrogen and oxygen atoms in total. The summed E-state index contributed by atoms with van der Waals surface area (Å²) in [6.07, 6.45) is 7.36. The van der Waals surface area contributed by atoms with E-state index in [2.05, 4.69) is 11.9 Å². The van der Waals surface area contributed by atoms with Gasteiger partial charge < -0.3 is 5.11 Å². The Morgan fingerprint density at radius 3 is 2.80 bits per heavy atom. The van der Waals surface area contributed by atoms with Crippen LogP contribution in [0.4, 0.5) is 0 Å². The molecule has 3 rings (SSSR count). The minimum absolute atomic E-state index is 0.269. The fraction of sp³-hybridized carbons (Fsp3) is 0.615. The molecule has 0 bridgehead atoms. The molecular formula is C13H17NO. The minimum Gasteiger partial charge on any atom is -0.388 e. The monoisotopic (exact) mass is 203 g/mol. The Morgan fingerprint density at radius 1 is 1.40 bits per heavy atom. The predicted octanol–water partition coefficient (Wildman–Crippen LogP) is 2.47. The Kier molecular flexibility index (Phi) is 2.06. The first-order chi connectivity index (χ1) is 7.29. The summed E-state index contributed by atoms with van der Waals surface area (Å²) in [7, 11) is 0. The minimum atomic E-state index is -0.269. The van der Waals surface area contributed by atoms with Crippen LogP contribution in [-0.4, -0.2) is 10.1 Å². The lowest BCUT2D eigenvalue weighted by Crippen LogP contribution is -2.06. The van der Waals surface area contributed by atoms with Gasteiger partial charge in [0.25, 0.3) is 0 Å². The average molecular weight is 203 g/mol. The number of hydrogen-bond donors (Lipinski definition) is 1. The van der Waals surface area contributed by atoms with Crippen molar-refractivity contribution in [3.63, 3.8) is 0 Å². The largest absolute Gasteiger partial charge is 0.388 e. The third-order valence-electron chi connectivity index (χ3n) is 4.24. The van der Waals surface area contributed by atoms with Gasteiger partial charge in [0.2, 0.25) is 0 Å². The molecule has 1 aromatic heterocycles. The van der Waals surface area contributed by atoms with Crippen molar-refractivity contribution in [2.24, 2.45) is 17.8 Å². The third kappa shape index (κ3) is 1.39. The van der Waals surface area contributed by atoms with Crippen molar-refractivity contribution in [2.45, 2.75) is 32.3 Å². The number of nitrogens with zero attached hydrogens (tertiary/aromatic N) is 1. The summed E-state index contributed by atoms with van der Waals surface area (Å²) in [5.74, 6) is 2.14. The molecule has 0 spiro atoms. The highest BCUT2D eigenvalue weighted by Gasteiger charge is 2.56. The number of aryl methyl sites for hydroxylation is 1. The third-order valence-corrected chi connectivity index (χ3v) is 4.24. The highest BCUT2D eigenvalue weighted by Crippen LogP contribution is 2.62. The Labute approximate surface area is 90.4 Å². The van der Waals surface area contributed by atoms with Crippen LogP contribution in [0.15, 0.2) is 18.5 Å². The van der Waals surface area contributed by atoms with Gasteiger partial charge in [-0.15, -0.1) is 0 Å². The van der Waals surface area contributed by atoms with Crippen LogP contribution in [0, 0.1) is 24.7 Å². The molecule has 15 heavy (non-hydrogen) atoms. The fourth-order valence-electron chi connectivity index (χ4n) is 3.34. The highest BCUT2D eigenvalue weighted by molar-refractivity contribution is 5.26. The van der Waals surface area contributed by atoms with Crippen LogP contribution < -0.4 is 0 Å². The molecule has 0 aliphatic heterocycles. The van der Waals surface area contributed by atoms with Crippen LogP contribution in [-0.2, 0) is 0 Å². The first-order valence-electron chi connectivity index (χ1n) is 5.87. The molecule has 2 aliphatic rings. The molecule has 2 heteroatoms. The number of rotatable bonds is 2. The van der Waals surface area contributed by atoms with E-state index < -0.39 is 0 Å². The van der Waals surface area contributed by atoms with E-state index in [0.717, 1.165) is 17.4 Å². The number of fused-ring (bicyclic) bond motifs is 1. The molecule has 3 unspecified atom stereocenters. The zero-order valence-corrected chi connectivity index (χ0v) is 9.06. The van der Waals surface area contributed by atoms with Crippen molar-refractivity contribution >= 4 is 0 Å². The van der Waals surface area contributed by atoms with E-state index in [4.69, 9.17) is 0 Å². The van der Waals surface area contributed by atoms with E-state index in [1.807, 2.05) is 12.3 Å². The molecule has 1 heterocycles. The normalized spacial score (nSPS) is 34.9. The van der Waals surface area contributed by atoms with Crippen LogP contribution in [0.2, 0.25) is 0 Å². The van der Waals surface area contributed by atoms with Gasteiger partial charge in [-0.05, 0) is 49.1 Å². The standard InChI is InChI=1S/C13H17NO/c1-8-5-6-14-7-11(8)13(15)12-9-3-2-4-10(9)12/h5-7,9-10,12-13,15H,2-4H2,1H3. The summed E-state index contributed by atoms with van der Waals surface area (Å²) < 4.78 is 0. The molecule has 2 fully saturated rings. The molecule has 3 atom stereocenters. The van der Waals surface area contributed by atoms with Gasteiger partial charge in [0, 0.05) is 18.0 Å². The second-order valence-electron chi connectivity index (χ2n) is 5.01. The van der Waals surface area contributed by atoms with Crippen molar-refractivity contribution in [1.29, 1.82) is 0 Å². The van der Waals surface area contributed by atoms with Gasteiger partial charge in [0.05, 0.1) is 6.10 Å². The molecule has 1 N–H and O–H groups in total. The summed E-state index contributed by atoms with van der Waals surface area (Å²) >= 11 is 0. The van der Waals surface area contributed by atoms with E-state index in [9.17, 15) is 5.11 Å². The molecule has 2 saturated carbocycles. The first-order valence-corrected chi connectivity index (χ1v) is 5.87. The van der Waals surface area contributed by atoms with E-state index in [1.54, 1.807) is 6.20 Å². The van der Waals surface area contributed by atoms with Gasteiger partial charge in [-0.1, -0.05) is 6.42 Å². The molecule has 0 aromatic carbocycles. The lowest BCUT2D eigenvalue weighted by Gasteiger charge is -2.14. The second kappa shape index (κ2) is 3.31. The summed E-state index contributed by atoms with van der Waals surface area (Å²) in [5.41, 5.74) is 2.21. The Bertz CT molecular complexity index is 367. The topological polar surface area (TPSA) is 33.1 Å². The van der Waals surface area contributed by atoms with Crippen LogP contribution >= 0.6 is 0 Å². The highest BCUT2D eigenvalue weighted by atomic mass is 16.3. The Hall–Kier alpha value is -0.890. The van der Waals surface area contributed by atoms with Crippen molar-refractivity contribution < 1.29 is 5.11 Å². The van der Waals surface area contributed by atoms with Gasteiger partial charge in [-0.2, -0.15) is 0 Å². The fourth-order valence-corrected chi connectivity index (χ4v) is 3.34. The zero-order valence-electron chi connectivity index (χ0n) is 9.06. The van der Waals surface area contributed by atoms with Crippen LogP contribution in [0.5, 0.6) is 0 Å². The maximum Gasteiger partial charge on any atom is 0.0841 e. The van der Waals surface area contributed by atoms with E-state index in [-0.39, 0.29) is 6.10 Å². The second-order valence-corrected chi connectivity index (χ2v) is 5.01. The molecule has 0 saturated heterocycles. The first kappa shape index (κ1) is 9.34. The zero-order chi connectivity index (χ0) is 10.4. The Balaban J connectivity index is 1.81. The van der Waals surface area contributed by atoms with E-state index >= 15 is 0 Å². The summed E-state index contributed by atoms with van der Waals surface area (Å²) in [6, 6.07) is 1.98. The lowest BCUT2D eigenvalue weighted by atomic mass is 9.98. The maximum atomic E-state index is 10.3. The van der Waals surface area contributed by atoms with Gasteiger partial charge >= 0.3 is 0 Å². The smallest absolute Gasteiger partial charge is 0.0841 e. The maximum absolute atomic E-state index is 10.3. The van der Waals surface area contributed by atoms with E-state index in [1.165, 1.54) is 24.8 Å². The summed E-state index contributed by atoms with van der Waals surface area (Å²) in [5, 5.41) is 10.3. The van der Waals surface area contributed by atoms with Crippen molar-refractivity contribution in [2.75, 3.05) is 0 Å². The predicted molar refractivity (Wildman–Crippen MR) is 58.3 cm³/mol. The van der Waals surface area contributed by atoms with Crippen molar-refractivity contribution in [3.05, 3.63) is 29.6 Å². The quantitative estimate of drug-likeness (QED) is 0.801. The number of hydrogen-bond acceptors (Lipinski definition) is 2. The van der Waals surface area contributed by atoms with Gasteiger partial charge in [0.1, 0.15) is 0 Å². The van der Waals surface area contributed by atoms with Crippen molar-refractivity contribution in [1.82, 2.24) is 4.98 Å². The molecule has 0 amide bonds. The molecule has 1 aromatic rings. The van der Waals surface area contributed by atoms with E-state index in [0.29, 0.717) is 5.92 Å². The van der Waals surface area contributed by atoms with Gasteiger partial charge in [0.15, 0.2) is 0 Å². The lowest BCUT2D eigenvalue weighted by molar-refractivity contribution is 0.136. The summed E-state index contributed by atoms with van der Waals surface area (Å²) in [4.78, 5) is 4.11. The van der Waals surface area contributed by atoms with Crippen LogP contribution in [0.25, 0.3) is 0 Å². The van der Waals surface area contributed by atoms with Crippen LogP contribution in [0.3, 0.4) is 0 Å². The van der Waals surface area contributed by atoms with Crippen LogP contribution in [0.1, 0.15) is 36.5 Å². The van der Waals surface area contributed by atoms with Gasteiger partial charge in [-0.25, -0.2) is 0 Å². The molecule has 0 radical (unpaired) electrons. The SMILES string of the molecule is Cc1ccncc1C(O)C1C2CCCC21. The number of aliphatic hydroxyl groups is 1. The van der Waals surface area contributed by atoms with Crippen molar-refractivity contribution in [3.8, 4) is 0 Å². The number of pyridine rings is 1. The molecule has 80 valence electrons. The number of aliphatic hydroxyl groups excluding tert-OH is 1. The number of aromatic nitrogens is 1. The summed E-state index contributed by atoms with van der Waals surface area (Å²) in [6.45, 7) is 2.05. The molecule has 2 aliphatic carbocycles. The average Bonchev–Trinajstić information content (AvgIpc) is 2.72. The molecular weight excluding hydrogens is 186 g/mol. The van der Waals surface area contributed by atoms with Gasteiger partial charge in [-0.3, -0.25) is 4.98 Å².